The van der Waals surface area contributed by atoms with Gasteiger partial charge >= 0.3 is 0 Å². The maximum atomic E-state index is 10.3. The molecule has 0 fully saturated rings. The van der Waals surface area contributed by atoms with Crippen LogP contribution in [0.15, 0.2) is 24.3 Å². The van der Waals surface area contributed by atoms with Gasteiger partial charge in [0.25, 0.3) is 5.69 Å². The Labute approximate surface area is 81.3 Å². The van der Waals surface area contributed by atoms with E-state index in [0.717, 1.165) is 0 Å². The van der Waals surface area contributed by atoms with Gasteiger partial charge in [0.2, 0.25) is 0 Å². The molecule has 0 aromatic heterocycles. The first-order valence-corrected chi connectivity index (χ1v) is 4.00. The van der Waals surface area contributed by atoms with Crippen molar-refractivity contribution in [2.24, 2.45) is 0 Å². The maximum absolute atomic E-state index is 10.3. The third-order valence-electron chi connectivity index (χ3n) is 1.70. The molecule has 0 bridgehead atoms. The van der Waals surface area contributed by atoms with Gasteiger partial charge in [0.15, 0.2) is 0 Å². The minimum absolute atomic E-state index is 0.00501. The molecule has 72 valence electrons. The van der Waals surface area contributed by atoms with Crippen LogP contribution in [-0.2, 0) is 0 Å². The van der Waals surface area contributed by atoms with Crippen molar-refractivity contribution < 1.29 is 10.0 Å². The maximum Gasteiger partial charge on any atom is 0.269 e. The lowest BCUT2D eigenvalue weighted by molar-refractivity contribution is -0.384. The summed E-state index contributed by atoms with van der Waals surface area (Å²) in [7, 11) is 0. The van der Waals surface area contributed by atoms with Gasteiger partial charge in [-0.3, -0.25) is 10.1 Å². The summed E-state index contributed by atoms with van der Waals surface area (Å²) in [4.78, 5) is 9.84. The molecule has 1 rings (SSSR count). The van der Waals surface area contributed by atoms with Crippen LogP contribution in [0.4, 0.5) is 5.69 Å². The predicted molar refractivity (Wildman–Crippen MR) is 51.5 cm³/mol. The van der Waals surface area contributed by atoms with Crippen molar-refractivity contribution in [2.75, 3.05) is 0 Å². The average Bonchev–Trinajstić information content (AvgIpc) is 2.18. The number of benzene rings is 1. The Morgan fingerprint density at radius 2 is 2.00 bits per heavy atom. The molecule has 0 spiro atoms. The zero-order chi connectivity index (χ0) is 10.6. The molecule has 0 saturated carbocycles. The van der Waals surface area contributed by atoms with Crippen molar-refractivity contribution in [3.63, 3.8) is 0 Å². The summed E-state index contributed by atoms with van der Waals surface area (Å²) in [6.07, 6.45) is -0.874. The summed E-state index contributed by atoms with van der Waals surface area (Å²) < 4.78 is 0. The monoisotopic (exact) mass is 191 g/mol. The summed E-state index contributed by atoms with van der Waals surface area (Å²) in [5, 5.41) is 19.7. The molecule has 0 aliphatic rings. The second-order valence-electron chi connectivity index (χ2n) is 2.65. The number of rotatable bonds is 2. The smallest absolute Gasteiger partial charge is 0.269 e. The summed E-state index contributed by atoms with van der Waals surface area (Å²) in [6.45, 7) is 1.62. The summed E-state index contributed by atoms with van der Waals surface area (Å²) in [5.74, 6) is 5.12. The molecule has 0 amide bonds. The lowest BCUT2D eigenvalue weighted by Crippen LogP contribution is -1.94. The van der Waals surface area contributed by atoms with Gasteiger partial charge < -0.3 is 5.11 Å². The van der Waals surface area contributed by atoms with Crippen molar-refractivity contribution in [3.05, 3.63) is 39.9 Å². The normalized spacial score (nSPS) is 11.3. The number of non-ortho nitro benzene ring substituents is 1. The van der Waals surface area contributed by atoms with E-state index in [1.807, 2.05) is 0 Å². The van der Waals surface area contributed by atoms with E-state index >= 15 is 0 Å². The van der Waals surface area contributed by atoms with Gasteiger partial charge in [-0.15, -0.1) is 5.92 Å². The number of hydrogen-bond donors (Lipinski definition) is 1. The highest BCUT2D eigenvalue weighted by atomic mass is 16.6. The Morgan fingerprint density at radius 3 is 2.43 bits per heavy atom. The van der Waals surface area contributed by atoms with E-state index in [2.05, 4.69) is 11.8 Å². The minimum atomic E-state index is -0.874. The van der Waals surface area contributed by atoms with Crippen molar-refractivity contribution in [2.45, 2.75) is 13.0 Å². The molecule has 4 heteroatoms. The fourth-order valence-corrected chi connectivity index (χ4v) is 0.998. The van der Waals surface area contributed by atoms with Crippen LogP contribution in [0.25, 0.3) is 0 Å². The molecule has 0 heterocycles. The van der Waals surface area contributed by atoms with E-state index in [4.69, 9.17) is 0 Å². The zero-order valence-corrected chi connectivity index (χ0v) is 7.60. The van der Waals surface area contributed by atoms with E-state index < -0.39 is 11.0 Å². The standard InChI is InChI=1S/C10H9NO3/c1-2-3-10(12)8-4-6-9(7-5-8)11(13)14/h4-7,10,12H,1H3. The van der Waals surface area contributed by atoms with Crippen LogP contribution in [0.1, 0.15) is 18.6 Å². The van der Waals surface area contributed by atoms with Crippen molar-refractivity contribution in [3.8, 4) is 11.8 Å². The van der Waals surface area contributed by atoms with E-state index in [1.54, 1.807) is 6.92 Å². The Bertz CT molecular complexity index is 386. The summed E-state index contributed by atoms with van der Waals surface area (Å²) in [5.41, 5.74) is 0.565. The van der Waals surface area contributed by atoms with E-state index in [0.29, 0.717) is 5.56 Å². The molecule has 0 saturated heterocycles. The number of nitrogens with zero attached hydrogens (tertiary/aromatic N) is 1. The molecule has 0 aliphatic carbocycles. The fraction of sp³-hybridized carbons (Fsp3) is 0.200. The summed E-state index contributed by atoms with van der Waals surface area (Å²) >= 11 is 0. The van der Waals surface area contributed by atoms with Crippen molar-refractivity contribution in [1.29, 1.82) is 0 Å². The first-order valence-electron chi connectivity index (χ1n) is 4.00. The second-order valence-corrected chi connectivity index (χ2v) is 2.65. The van der Waals surface area contributed by atoms with Crippen LogP contribution in [-0.4, -0.2) is 10.0 Å². The molecule has 0 aliphatic heterocycles. The first kappa shape index (κ1) is 10.2. The molecule has 1 unspecified atom stereocenters. The zero-order valence-electron chi connectivity index (χ0n) is 7.60. The van der Waals surface area contributed by atoms with Gasteiger partial charge in [0.1, 0.15) is 6.10 Å². The molecule has 1 aromatic carbocycles. The average molecular weight is 191 g/mol. The second kappa shape index (κ2) is 4.40. The highest BCUT2D eigenvalue weighted by molar-refractivity contribution is 5.35. The Balaban J connectivity index is 2.91. The molecule has 1 aromatic rings. The number of aliphatic hydroxyl groups excluding tert-OH is 1. The van der Waals surface area contributed by atoms with Gasteiger partial charge in [-0.25, -0.2) is 0 Å². The third kappa shape index (κ3) is 2.31. The largest absolute Gasteiger partial charge is 0.376 e. The molecular formula is C10H9NO3. The van der Waals surface area contributed by atoms with E-state index in [1.165, 1.54) is 24.3 Å². The lowest BCUT2D eigenvalue weighted by Gasteiger charge is -2.01. The van der Waals surface area contributed by atoms with Gasteiger partial charge in [-0.1, -0.05) is 5.92 Å². The Kier molecular flexibility index (Phi) is 3.21. The van der Waals surface area contributed by atoms with E-state index in [9.17, 15) is 15.2 Å². The van der Waals surface area contributed by atoms with Crippen LogP contribution < -0.4 is 0 Å². The molecule has 1 atom stereocenters. The highest BCUT2D eigenvalue weighted by Crippen LogP contribution is 2.16. The molecule has 4 nitrogen and oxygen atoms in total. The van der Waals surface area contributed by atoms with Gasteiger partial charge in [-0.05, 0) is 24.6 Å². The van der Waals surface area contributed by atoms with Gasteiger partial charge in [0.05, 0.1) is 4.92 Å². The minimum Gasteiger partial charge on any atom is -0.376 e. The number of aliphatic hydroxyl groups is 1. The highest BCUT2D eigenvalue weighted by Gasteiger charge is 2.07. The van der Waals surface area contributed by atoms with Crippen LogP contribution in [0, 0.1) is 22.0 Å². The predicted octanol–water partition coefficient (Wildman–Crippen LogP) is 1.65. The Hall–Kier alpha value is -1.86. The lowest BCUT2D eigenvalue weighted by atomic mass is 10.1. The van der Waals surface area contributed by atoms with Crippen LogP contribution >= 0.6 is 0 Å². The van der Waals surface area contributed by atoms with Gasteiger partial charge in [0, 0.05) is 12.1 Å². The van der Waals surface area contributed by atoms with Crippen LogP contribution in [0.3, 0.4) is 0 Å². The topological polar surface area (TPSA) is 63.4 Å². The number of nitro benzene ring substituents is 1. The number of nitro groups is 1. The molecule has 0 radical (unpaired) electrons. The molecule has 1 N–H and O–H groups in total. The molecule has 14 heavy (non-hydrogen) atoms. The van der Waals surface area contributed by atoms with Gasteiger partial charge in [-0.2, -0.15) is 0 Å². The SMILES string of the molecule is CC#CC(O)c1ccc([N+](=O)[O-])cc1. The van der Waals surface area contributed by atoms with Crippen molar-refractivity contribution >= 4 is 5.69 Å². The van der Waals surface area contributed by atoms with E-state index in [-0.39, 0.29) is 5.69 Å². The van der Waals surface area contributed by atoms with Crippen LogP contribution in [0.2, 0.25) is 0 Å². The third-order valence-corrected chi connectivity index (χ3v) is 1.70. The number of hydrogen-bond acceptors (Lipinski definition) is 3. The Morgan fingerprint density at radius 1 is 1.43 bits per heavy atom. The molecular weight excluding hydrogens is 182 g/mol. The van der Waals surface area contributed by atoms with Crippen LogP contribution in [0.5, 0.6) is 0 Å². The van der Waals surface area contributed by atoms with Crippen molar-refractivity contribution in [1.82, 2.24) is 0 Å². The quantitative estimate of drug-likeness (QED) is 0.439. The fourth-order valence-electron chi connectivity index (χ4n) is 0.998. The first-order chi connectivity index (χ1) is 6.65. The summed E-state index contributed by atoms with van der Waals surface area (Å²) in [6, 6.07) is 5.67.